The fourth-order valence-corrected chi connectivity index (χ4v) is 2.88. The molecule has 3 aromatic rings. The first-order valence-corrected chi connectivity index (χ1v) is 9.62. The molecule has 2 N–H and O–H groups in total. The molecule has 1 heterocycles. The van der Waals surface area contributed by atoms with E-state index in [-0.39, 0.29) is 12.3 Å². The lowest BCUT2D eigenvalue weighted by molar-refractivity contribution is -0.0504. The second-order valence-electron chi connectivity index (χ2n) is 6.19. The van der Waals surface area contributed by atoms with E-state index in [4.69, 9.17) is 11.6 Å². The number of hydrogen-bond acceptors (Lipinski definition) is 4. The predicted molar refractivity (Wildman–Crippen MR) is 111 cm³/mol. The Morgan fingerprint density at radius 3 is 2.67 bits per heavy atom. The molecule has 0 aliphatic rings. The van der Waals surface area contributed by atoms with Gasteiger partial charge in [0.25, 0.3) is 0 Å². The third-order valence-electron chi connectivity index (χ3n) is 4.07. The first-order chi connectivity index (χ1) is 14.5. The van der Waals surface area contributed by atoms with E-state index in [0.29, 0.717) is 29.6 Å². The van der Waals surface area contributed by atoms with Crippen molar-refractivity contribution in [2.45, 2.75) is 26.6 Å². The standard InChI is InChI=1S/C20H21ClF2N6O/c1-2-25-20(27-11-15-9-16(21)5-8-18(15)30-19(22)23)26-10-14-3-6-17(7-4-14)29-13-24-12-28-29/h3-9,12-13,19H,2,10-11H2,1H3,(H2,25,26,27). The largest absolute Gasteiger partial charge is 0.434 e. The van der Waals surface area contributed by atoms with Crippen molar-refractivity contribution >= 4 is 17.6 Å². The lowest BCUT2D eigenvalue weighted by atomic mass is 10.2. The van der Waals surface area contributed by atoms with Gasteiger partial charge in [0.2, 0.25) is 0 Å². The average molecular weight is 435 g/mol. The van der Waals surface area contributed by atoms with Gasteiger partial charge in [-0.15, -0.1) is 0 Å². The molecular formula is C20H21ClF2N6O. The number of guanidine groups is 1. The highest BCUT2D eigenvalue weighted by atomic mass is 35.5. The summed E-state index contributed by atoms with van der Waals surface area (Å²) >= 11 is 5.99. The molecule has 0 amide bonds. The zero-order chi connectivity index (χ0) is 21.3. The van der Waals surface area contributed by atoms with E-state index >= 15 is 0 Å². The topological polar surface area (TPSA) is 76.4 Å². The van der Waals surface area contributed by atoms with Crippen molar-refractivity contribution in [1.29, 1.82) is 0 Å². The van der Waals surface area contributed by atoms with Crippen molar-refractivity contribution < 1.29 is 13.5 Å². The van der Waals surface area contributed by atoms with Gasteiger partial charge in [-0.3, -0.25) is 0 Å². The van der Waals surface area contributed by atoms with Crippen molar-refractivity contribution in [3.8, 4) is 11.4 Å². The Morgan fingerprint density at radius 1 is 1.20 bits per heavy atom. The minimum Gasteiger partial charge on any atom is -0.434 e. The minimum atomic E-state index is -2.91. The molecule has 30 heavy (non-hydrogen) atoms. The Labute approximate surface area is 177 Å². The van der Waals surface area contributed by atoms with E-state index < -0.39 is 6.61 Å². The van der Waals surface area contributed by atoms with Crippen molar-refractivity contribution in [2.75, 3.05) is 6.54 Å². The van der Waals surface area contributed by atoms with Gasteiger partial charge in [-0.1, -0.05) is 23.7 Å². The molecule has 3 rings (SSSR count). The molecule has 0 saturated heterocycles. The lowest BCUT2D eigenvalue weighted by Crippen LogP contribution is -2.36. The van der Waals surface area contributed by atoms with Gasteiger partial charge < -0.3 is 15.4 Å². The van der Waals surface area contributed by atoms with Gasteiger partial charge in [-0.2, -0.15) is 13.9 Å². The molecular weight excluding hydrogens is 414 g/mol. The zero-order valence-electron chi connectivity index (χ0n) is 16.2. The highest BCUT2D eigenvalue weighted by Crippen LogP contribution is 2.24. The van der Waals surface area contributed by atoms with Crippen LogP contribution in [-0.2, 0) is 13.1 Å². The summed E-state index contributed by atoms with van der Waals surface area (Å²) in [6.07, 6.45) is 3.10. The Hall–Kier alpha value is -3.20. The molecule has 7 nitrogen and oxygen atoms in total. The van der Waals surface area contributed by atoms with Gasteiger partial charge in [0, 0.05) is 23.7 Å². The molecule has 2 aromatic carbocycles. The summed E-state index contributed by atoms with van der Waals surface area (Å²) < 4.78 is 31.5. The Kier molecular flexibility index (Phi) is 7.56. The van der Waals surface area contributed by atoms with Crippen LogP contribution in [0.4, 0.5) is 8.78 Å². The third kappa shape index (κ3) is 6.15. The molecule has 0 atom stereocenters. The smallest absolute Gasteiger partial charge is 0.387 e. The number of hydrogen-bond donors (Lipinski definition) is 2. The van der Waals surface area contributed by atoms with Gasteiger partial charge in [-0.05, 0) is 42.8 Å². The van der Waals surface area contributed by atoms with E-state index in [9.17, 15) is 8.78 Å². The fraction of sp³-hybridized carbons (Fsp3) is 0.250. The fourth-order valence-electron chi connectivity index (χ4n) is 2.68. The van der Waals surface area contributed by atoms with Crippen LogP contribution < -0.4 is 15.4 Å². The number of aliphatic imine (C=N–C) groups is 1. The van der Waals surface area contributed by atoms with E-state index in [1.165, 1.54) is 18.5 Å². The molecule has 158 valence electrons. The highest BCUT2D eigenvalue weighted by molar-refractivity contribution is 6.30. The second-order valence-corrected chi connectivity index (χ2v) is 6.62. The molecule has 0 aliphatic carbocycles. The number of nitrogens with one attached hydrogen (secondary N) is 2. The number of rotatable bonds is 8. The summed E-state index contributed by atoms with van der Waals surface area (Å²) in [6.45, 7) is 0.331. The van der Waals surface area contributed by atoms with E-state index in [1.54, 1.807) is 17.1 Å². The van der Waals surface area contributed by atoms with Crippen LogP contribution in [0.2, 0.25) is 5.02 Å². The van der Waals surface area contributed by atoms with Crippen LogP contribution in [-0.4, -0.2) is 33.9 Å². The van der Waals surface area contributed by atoms with Crippen LogP contribution in [0.5, 0.6) is 5.75 Å². The normalized spacial score (nSPS) is 11.6. The molecule has 0 unspecified atom stereocenters. The summed E-state index contributed by atoms with van der Waals surface area (Å²) in [7, 11) is 0. The number of aromatic nitrogens is 3. The van der Waals surface area contributed by atoms with Gasteiger partial charge in [0.15, 0.2) is 5.96 Å². The van der Waals surface area contributed by atoms with E-state index in [2.05, 4.69) is 30.4 Å². The maximum atomic E-state index is 12.6. The molecule has 1 aromatic heterocycles. The van der Waals surface area contributed by atoms with Gasteiger partial charge in [0.05, 0.1) is 12.2 Å². The molecule has 10 heteroatoms. The summed E-state index contributed by atoms with van der Waals surface area (Å²) in [5.74, 6) is 0.613. The van der Waals surface area contributed by atoms with Crippen molar-refractivity contribution in [3.05, 3.63) is 71.3 Å². The summed E-state index contributed by atoms with van der Waals surface area (Å²) in [5, 5.41) is 10.8. The molecule has 0 saturated carbocycles. The molecule has 0 radical (unpaired) electrons. The third-order valence-corrected chi connectivity index (χ3v) is 4.30. The van der Waals surface area contributed by atoms with Crippen LogP contribution in [0.1, 0.15) is 18.1 Å². The maximum Gasteiger partial charge on any atom is 0.387 e. The quantitative estimate of drug-likeness (QED) is 0.417. The Morgan fingerprint density at radius 2 is 2.00 bits per heavy atom. The van der Waals surface area contributed by atoms with Crippen LogP contribution in [0.25, 0.3) is 5.69 Å². The van der Waals surface area contributed by atoms with E-state index in [1.807, 2.05) is 31.2 Å². The number of ether oxygens (including phenoxy) is 1. The lowest BCUT2D eigenvalue weighted by Gasteiger charge is -2.15. The number of halogens is 3. The van der Waals surface area contributed by atoms with Crippen LogP contribution >= 0.6 is 11.6 Å². The number of alkyl halides is 2. The van der Waals surface area contributed by atoms with Crippen LogP contribution in [0, 0.1) is 0 Å². The summed E-state index contributed by atoms with van der Waals surface area (Å²) in [4.78, 5) is 8.47. The second kappa shape index (κ2) is 10.5. The molecule has 0 aliphatic heterocycles. The first-order valence-electron chi connectivity index (χ1n) is 9.24. The Bertz CT molecular complexity index is 964. The number of nitrogens with zero attached hydrogens (tertiary/aromatic N) is 4. The van der Waals surface area contributed by atoms with Crippen molar-refractivity contribution in [2.24, 2.45) is 4.99 Å². The number of benzene rings is 2. The minimum absolute atomic E-state index is 0.0708. The summed E-state index contributed by atoms with van der Waals surface area (Å²) in [5.41, 5.74) is 2.41. The predicted octanol–water partition coefficient (Wildman–Crippen LogP) is 3.78. The zero-order valence-corrected chi connectivity index (χ0v) is 17.0. The molecule has 0 spiro atoms. The van der Waals surface area contributed by atoms with Gasteiger partial charge in [-0.25, -0.2) is 14.7 Å². The van der Waals surface area contributed by atoms with Crippen molar-refractivity contribution in [1.82, 2.24) is 25.4 Å². The highest BCUT2D eigenvalue weighted by Gasteiger charge is 2.11. The SMILES string of the molecule is CCNC(=NCc1ccc(-n2cncn2)cc1)NCc1cc(Cl)ccc1OC(F)F. The maximum absolute atomic E-state index is 12.6. The molecule has 0 bridgehead atoms. The van der Waals surface area contributed by atoms with Crippen LogP contribution in [0.3, 0.4) is 0 Å². The van der Waals surface area contributed by atoms with Crippen molar-refractivity contribution in [3.63, 3.8) is 0 Å². The Balaban J connectivity index is 1.66. The molecule has 0 fully saturated rings. The average Bonchev–Trinajstić information content (AvgIpc) is 3.27. The summed E-state index contributed by atoms with van der Waals surface area (Å²) in [6, 6.07) is 12.3. The van der Waals surface area contributed by atoms with Gasteiger partial charge in [0.1, 0.15) is 18.4 Å². The monoisotopic (exact) mass is 434 g/mol. The first kappa shape index (κ1) is 21.5. The van der Waals surface area contributed by atoms with E-state index in [0.717, 1.165) is 11.3 Å². The van der Waals surface area contributed by atoms with Gasteiger partial charge >= 0.3 is 6.61 Å². The van der Waals surface area contributed by atoms with Crippen LogP contribution in [0.15, 0.2) is 60.1 Å².